The standard InChI is InChI=1S/C13H13Cl3N4O3/c1-6(12(21)20(2)5-3-4-17)23-13(22)10-7(14)9(18)8(15)11(16)19-10/h6H,3,5H2,1-2H3,(H2,18,19)/t6-/m0/s1. The van der Waals surface area contributed by atoms with Gasteiger partial charge in [0, 0.05) is 13.6 Å². The van der Waals surface area contributed by atoms with E-state index in [1.165, 1.54) is 18.9 Å². The van der Waals surface area contributed by atoms with Crippen LogP contribution >= 0.6 is 34.8 Å². The number of nitrogens with two attached hydrogens (primary N) is 1. The summed E-state index contributed by atoms with van der Waals surface area (Å²) in [4.78, 5) is 29.1. The third kappa shape index (κ3) is 4.61. The molecule has 0 aliphatic carbocycles. The van der Waals surface area contributed by atoms with Crippen molar-refractivity contribution in [1.82, 2.24) is 9.88 Å². The lowest BCUT2D eigenvalue weighted by Crippen LogP contribution is -2.38. The number of likely N-dealkylation sites (N-methyl/N-ethyl adjacent to an activating group) is 1. The summed E-state index contributed by atoms with van der Waals surface area (Å²) in [5.41, 5.74) is 5.17. The van der Waals surface area contributed by atoms with Crippen molar-refractivity contribution in [3.63, 3.8) is 0 Å². The number of hydrogen-bond acceptors (Lipinski definition) is 6. The second kappa shape index (κ2) is 8.20. The minimum atomic E-state index is -1.10. The molecule has 0 saturated heterocycles. The molecular formula is C13H13Cl3N4O3. The summed E-state index contributed by atoms with van der Waals surface area (Å²) in [6.45, 7) is 1.61. The first-order valence-corrected chi connectivity index (χ1v) is 7.47. The number of carbonyl (C=O) groups excluding carboxylic acids is 2. The number of nitriles is 1. The average Bonchev–Trinajstić information content (AvgIpc) is 2.52. The maximum atomic E-state index is 12.1. The summed E-state index contributed by atoms with van der Waals surface area (Å²) in [5, 5.41) is 8.02. The largest absolute Gasteiger partial charge is 0.448 e. The molecule has 0 aliphatic rings. The van der Waals surface area contributed by atoms with Gasteiger partial charge in [-0.25, -0.2) is 9.78 Å². The minimum absolute atomic E-state index is 0.0754. The van der Waals surface area contributed by atoms with E-state index in [4.69, 9.17) is 50.5 Å². The molecule has 0 aromatic carbocycles. The molecule has 1 amide bonds. The number of nitrogen functional groups attached to an aromatic ring is 1. The van der Waals surface area contributed by atoms with Gasteiger partial charge in [0.15, 0.2) is 17.0 Å². The summed E-state index contributed by atoms with van der Waals surface area (Å²) < 4.78 is 5.01. The number of hydrogen-bond donors (Lipinski definition) is 1. The van der Waals surface area contributed by atoms with Crippen LogP contribution in [0.1, 0.15) is 23.8 Å². The highest BCUT2D eigenvalue weighted by Gasteiger charge is 2.26. The SMILES string of the molecule is C[C@H](OC(=O)c1nc(Cl)c(Cl)c(N)c1Cl)C(=O)N(C)CCC#N. The lowest BCUT2D eigenvalue weighted by molar-refractivity contribution is -0.138. The molecule has 1 atom stereocenters. The number of carbonyl (C=O) groups is 2. The van der Waals surface area contributed by atoms with E-state index in [0.717, 1.165) is 0 Å². The molecule has 0 saturated carbocycles. The van der Waals surface area contributed by atoms with Gasteiger partial charge >= 0.3 is 5.97 Å². The molecule has 1 aromatic heterocycles. The predicted octanol–water partition coefficient (Wildman–Crippen LogP) is 2.54. The van der Waals surface area contributed by atoms with Crippen molar-refractivity contribution in [1.29, 1.82) is 5.26 Å². The van der Waals surface area contributed by atoms with Gasteiger partial charge in [0.1, 0.15) is 5.02 Å². The Morgan fingerprint density at radius 1 is 1.39 bits per heavy atom. The van der Waals surface area contributed by atoms with E-state index in [1.54, 1.807) is 0 Å². The van der Waals surface area contributed by atoms with Crippen LogP contribution in [0.25, 0.3) is 0 Å². The summed E-state index contributed by atoms with van der Waals surface area (Å²) in [6.07, 6.45) is -0.931. The molecule has 0 unspecified atom stereocenters. The van der Waals surface area contributed by atoms with Crippen molar-refractivity contribution in [3.8, 4) is 6.07 Å². The Bertz CT molecular complexity index is 675. The second-order valence-corrected chi connectivity index (χ2v) is 5.62. The number of pyridine rings is 1. The molecule has 10 heteroatoms. The van der Waals surface area contributed by atoms with Gasteiger partial charge in [-0.1, -0.05) is 34.8 Å². The zero-order valence-corrected chi connectivity index (χ0v) is 14.5. The number of aromatic nitrogens is 1. The van der Waals surface area contributed by atoms with E-state index in [1.807, 2.05) is 6.07 Å². The normalized spacial score (nSPS) is 11.5. The number of amides is 1. The molecule has 0 spiro atoms. The summed E-state index contributed by atoms with van der Waals surface area (Å²) in [6, 6.07) is 1.91. The summed E-state index contributed by atoms with van der Waals surface area (Å²) in [5.74, 6) is -1.44. The number of rotatable bonds is 5. The van der Waals surface area contributed by atoms with Crippen LogP contribution in [0.2, 0.25) is 15.2 Å². The van der Waals surface area contributed by atoms with E-state index >= 15 is 0 Å². The first-order valence-electron chi connectivity index (χ1n) is 6.33. The smallest absolute Gasteiger partial charge is 0.359 e. The van der Waals surface area contributed by atoms with Crippen LogP contribution in [0, 0.1) is 11.3 Å². The molecule has 0 fully saturated rings. The van der Waals surface area contributed by atoms with Crippen LogP contribution in [0.3, 0.4) is 0 Å². The molecule has 0 radical (unpaired) electrons. The fourth-order valence-electron chi connectivity index (χ4n) is 1.57. The fourth-order valence-corrected chi connectivity index (χ4v) is 2.16. The van der Waals surface area contributed by atoms with E-state index in [-0.39, 0.29) is 39.5 Å². The van der Waals surface area contributed by atoms with Crippen molar-refractivity contribution in [2.24, 2.45) is 0 Å². The van der Waals surface area contributed by atoms with Crippen LogP contribution in [0.5, 0.6) is 0 Å². The summed E-state index contributed by atoms with van der Waals surface area (Å²) >= 11 is 17.4. The number of nitrogens with zero attached hydrogens (tertiary/aromatic N) is 3. The van der Waals surface area contributed by atoms with E-state index in [0.29, 0.717) is 0 Å². The van der Waals surface area contributed by atoms with E-state index in [9.17, 15) is 9.59 Å². The monoisotopic (exact) mass is 378 g/mol. The van der Waals surface area contributed by atoms with E-state index < -0.39 is 18.0 Å². The highest BCUT2D eigenvalue weighted by molar-refractivity contribution is 6.46. The van der Waals surface area contributed by atoms with Crippen molar-refractivity contribution < 1.29 is 14.3 Å². The van der Waals surface area contributed by atoms with E-state index in [2.05, 4.69) is 4.98 Å². The van der Waals surface area contributed by atoms with Gasteiger partial charge in [0.25, 0.3) is 5.91 Å². The first-order chi connectivity index (χ1) is 10.7. The lowest BCUT2D eigenvalue weighted by atomic mass is 10.3. The Balaban J connectivity index is 2.88. The topological polar surface area (TPSA) is 109 Å². The number of ether oxygens (including phenoxy) is 1. The Kier molecular flexibility index (Phi) is 6.88. The molecule has 1 aromatic rings. The zero-order valence-electron chi connectivity index (χ0n) is 12.3. The molecule has 23 heavy (non-hydrogen) atoms. The van der Waals surface area contributed by atoms with Gasteiger partial charge in [-0.2, -0.15) is 5.26 Å². The second-order valence-electron chi connectivity index (χ2n) is 4.51. The summed E-state index contributed by atoms with van der Waals surface area (Å²) in [7, 11) is 1.49. The van der Waals surface area contributed by atoms with Crippen molar-refractivity contribution >= 4 is 52.4 Å². The Morgan fingerprint density at radius 3 is 2.57 bits per heavy atom. The molecule has 124 valence electrons. The molecule has 2 N–H and O–H groups in total. The Hall–Kier alpha value is -1.75. The van der Waals surface area contributed by atoms with Crippen LogP contribution in [0.4, 0.5) is 5.69 Å². The molecule has 1 heterocycles. The molecule has 0 aliphatic heterocycles. The van der Waals surface area contributed by atoms with Crippen LogP contribution in [-0.2, 0) is 9.53 Å². The fraction of sp³-hybridized carbons (Fsp3) is 0.385. The molecule has 0 bridgehead atoms. The first kappa shape index (κ1) is 19.3. The van der Waals surface area contributed by atoms with Gasteiger partial charge in [-0.3, -0.25) is 4.79 Å². The quantitative estimate of drug-likeness (QED) is 0.622. The van der Waals surface area contributed by atoms with Gasteiger partial charge in [-0.05, 0) is 6.92 Å². The molecule has 1 rings (SSSR count). The molecular weight excluding hydrogens is 367 g/mol. The zero-order chi connectivity index (χ0) is 17.7. The highest BCUT2D eigenvalue weighted by atomic mass is 35.5. The highest BCUT2D eigenvalue weighted by Crippen LogP contribution is 2.34. The maximum absolute atomic E-state index is 12.1. The van der Waals surface area contributed by atoms with Gasteiger partial charge in [0.05, 0.1) is 23.2 Å². The van der Waals surface area contributed by atoms with Gasteiger partial charge in [-0.15, -0.1) is 0 Å². The van der Waals surface area contributed by atoms with Gasteiger partial charge in [0.2, 0.25) is 0 Å². The third-order valence-electron chi connectivity index (χ3n) is 2.83. The van der Waals surface area contributed by atoms with Crippen molar-refractivity contribution in [3.05, 3.63) is 20.9 Å². The number of halogens is 3. The molecule has 7 nitrogen and oxygen atoms in total. The van der Waals surface area contributed by atoms with Crippen LogP contribution in [-0.4, -0.2) is 41.5 Å². The average molecular weight is 380 g/mol. The van der Waals surface area contributed by atoms with Crippen LogP contribution in [0.15, 0.2) is 0 Å². The predicted molar refractivity (Wildman–Crippen MR) is 86.4 cm³/mol. The van der Waals surface area contributed by atoms with Crippen molar-refractivity contribution in [2.75, 3.05) is 19.3 Å². The minimum Gasteiger partial charge on any atom is -0.448 e. The maximum Gasteiger partial charge on any atom is 0.359 e. The lowest BCUT2D eigenvalue weighted by Gasteiger charge is -2.20. The van der Waals surface area contributed by atoms with Gasteiger partial charge < -0.3 is 15.4 Å². The Labute approximate surface area is 147 Å². The van der Waals surface area contributed by atoms with Crippen molar-refractivity contribution in [2.45, 2.75) is 19.4 Å². The Morgan fingerprint density at radius 2 is 2.00 bits per heavy atom. The number of esters is 1. The van der Waals surface area contributed by atoms with Crippen LogP contribution < -0.4 is 5.73 Å². The number of anilines is 1. The third-order valence-corrected chi connectivity index (χ3v) is 3.97.